The first-order chi connectivity index (χ1) is 10.5. The number of para-hydroxylation sites is 1. The first kappa shape index (κ1) is 15.5. The zero-order valence-electron chi connectivity index (χ0n) is 11.1. The Morgan fingerprint density at radius 1 is 1.32 bits per heavy atom. The number of anilines is 1. The molecule has 0 radical (unpaired) electrons. The van der Waals surface area contributed by atoms with Crippen molar-refractivity contribution in [3.63, 3.8) is 0 Å². The molecule has 112 valence electrons. The third kappa shape index (κ3) is 3.58. The summed E-state index contributed by atoms with van der Waals surface area (Å²) in [4.78, 5) is 21.3. The molecule has 7 nitrogen and oxygen atoms in total. The lowest BCUT2D eigenvalue weighted by Gasteiger charge is -2.03. The Kier molecular flexibility index (Phi) is 4.70. The molecule has 2 aromatic rings. The Hall–Kier alpha value is -2.93. The molecule has 2 aromatic carbocycles. The molecule has 0 amide bonds. The van der Waals surface area contributed by atoms with Gasteiger partial charge >= 0.3 is 5.97 Å². The summed E-state index contributed by atoms with van der Waals surface area (Å²) in [5.74, 6) is -1.16. The lowest BCUT2D eigenvalue weighted by molar-refractivity contribution is -0.385. The van der Waals surface area contributed by atoms with E-state index in [4.69, 9.17) is 16.7 Å². The van der Waals surface area contributed by atoms with Gasteiger partial charge in [-0.3, -0.25) is 15.5 Å². The molecule has 2 rings (SSSR count). The standard InChI is InChI=1S/C14H10ClN3O4/c15-12-6-5-10(7-11(12)14(19)20)17-16-8-9-3-1-2-4-13(9)18(21)22/h1-8,17H,(H,19,20)/b16-8-. The lowest BCUT2D eigenvalue weighted by Crippen LogP contribution is -2.00. The van der Waals surface area contributed by atoms with Crippen molar-refractivity contribution in [2.45, 2.75) is 0 Å². The third-order valence-electron chi connectivity index (χ3n) is 2.73. The van der Waals surface area contributed by atoms with Crippen LogP contribution in [0.2, 0.25) is 5.02 Å². The summed E-state index contributed by atoms with van der Waals surface area (Å²) < 4.78 is 0. The van der Waals surface area contributed by atoms with Crippen LogP contribution in [-0.2, 0) is 0 Å². The van der Waals surface area contributed by atoms with Crippen molar-refractivity contribution in [1.82, 2.24) is 0 Å². The highest BCUT2D eigenvalue weighted by atomic mass is 35.5. The number of carboxylic acid groups (broad SMARTS) is 1. The van der Waals surface area contributed by atoms with Gasteiger partial charge in [-0.2, -0.15) is 5.10 Å². The number of hydrogen-bond acceptors (Lipinski definition) is 5. The number of carboxylic acids is 1. The van der Waals surface area contributed by atoms with Crippen molar-refractivity contribution in [2.24, 2.45) is 5.10 Å². The van der Waals surface area contributed by atoms with Crippen LogP contribution in [0.3, 0.4) is 0 Å². The zero-order valence-corrected chi connectivity index (χ0v) is 11.8. The first-order valence-electron chi connectivity index (χ1n) is 6.04. The van der Waals surface area contributed by atoms with E-state index in [0.717, 1.165) is 0 Å². The number of nitro groups is 1. The summed E-state index contributed by atoms with van der Waals surface area (Å²) in [6.07, 6.45) is 1.28. The second-order valence-corrected chi connectivity index (χ2v) is 4.59. The summed E-state index contributed by atoms with van der Waals surface area (Å²) in [5, 5.41) is 23.8. The van der Waals surface area contributed by atoms with E-state index in [1.807, 2.05) is 0 Å². The van der Waals surface area contributed by atoms with Crippen LogP contribution in [0.15, 0.2) is 47.6 Å². The first-order valence-corrected chi connectivity index (χ1v) is 6.42. The largest absolute Gasteiger partial charge is 0.478 e. The van der Waals surface area contributed by atoms with E-state index in [-0.39, 0.29) is 16.3 Å². The van der Waals surface area contributed by atoms with E-state index in [1.165, 1.54) is 24.4 Å². The molecule has 8 heteroatoms. The zero-order chi connectivity index (χ0) is 16.1. The van der Waals surface area contributed by atoms with Crippen LogP contribution >= 0.6 is 11.6 Å². The molecule has 0 bridgehead atoms. The van der Waals surface area contributed by atoms with Crippen LogP contribution < -0.4 is 5.43 Å². The van der Waals surface area contributed by atoms with Gasteiger partial charge < -0.3 is 5.11 Å². The molecule has 0 fully saturated rings. The van der Waals surface area contributed by atoms with E-state index in [0.29, 0.717) is 11.3 Å². The Bertz CT molecular complexity index is 762. The normalized spacial score (nSPS) is 10.6. The number of carbonyl (C=O) groups is 1. The molecule has 0 saturated carbocycles. The molecule has 0 saturated heterocycles. The monoisotopic (exact) mass is 319 g/mol. The minimum absolute atomic E-state index is 0.0624. The second kappa shape index (κ2) is 6.68. The van der Waals surface area contributed by atoms with Gasteiger partial charge in [-0.25, -0.2) is 4.79 Å². The van der Waals surface area contributed by atoms with Gasteiger partial charge in [0.2, 0.25) is 0 Å². The van der Waals surface area contributed by atoms with Gasteiger partial charge in [0, 0.05) is 6.07 Å². The SMILES string of the molecule is O=C(O)c1cc(N/N=C\c2ccccc2[N+](=O)[O-])ccc1Cl. The maximum Gasteiger partial charge on any atom is 0.337 e. The van der Waals surface area contributed by atoms with Crippen LogP contribution in [0.25, 0.3) is 0 Å². The van der Waals surface area contributed by atoms with Crippen molar-refractivity contribution < 1.29 is 14.8 Å². The number of nitrogens with zero attached hydrogens (tertiary/aromatic N) is 2. The van der Waals surface area contributed by atoms with Crippen LogP contribution in [0, 0.1) is 10.1 Å². The van der Waals surface area contributed by atoms with E-state index in [2.05, 4.69) is 10.5 Å². The topological polar surface area (TPSA) is 105 Å². The molecule has 0 aliphatic carbocycles. The minimum Gasteiger partial charge on any atom is -0.478 e. The van der Waals surface area contributed by atoms with Crippen molar-refractivity contribution in [3.05, 3.63) is 68.7 Å². The number of nitrogens with one attached hydrogen (secondary N) is 1. The van der Waals surface area contributed by atoms with E-state index >= 15 is 0 Å². The summed E-state index contributed by atoms with van der Waals surface area (Å²) >= 11 is 5.75. The Morgan fingerprint density at radius 3 is 2.73 bits per heavy atom. The van der Waals surface area contributed by atoms with Crippen LogP contribution in [0.4, 0.5) is 11.4 Å². The number of nitro benzene ring substituents is 1. The van der Waals surface area contributed by atoms with Crippen LogP contribution in [0.1, 0.15) is 15.9 Å². The van der Waals surface area contributed by atoms with Crippen molar-refractivity contribution in [3.8, 4) is 0 Å². The Balaban J connectivity index is 2.18. The highest BCUT2D eigenvalue weighted by Gasteiger charge is 2.10. The fourth-order valence-corrected chi connectivity index (χ4v) is 1.90. The maximum absolute atomic E-state index is 11.0. The number of rotatable bonds is 5. The van der Waals surface area contributed by atoms with Gasteiger partial charge in [-0.1, -0.05) is 23.7 Å². The van der Waals surface area contributed by atoms with E-state index in [9.17, 15) is 14.9 Å². The van der Waals surface area contributed by atoms with Gasteiger partial charge in [0.15, 0.2) is 0 Å². The van der Waals surface area contributed by atoms with Gasteiger partial charge in [-0.15, -0.1) is 0 Å². The molecule has 0 unspecified atom stereocenters. The number of benzene rings is 2. The summed E-state index contributed by atoms with van der Waals surface area (Å²) in [6, 6.07) is 10.4. The van der Waals surface area contributed by atoms with Crippen LogP contribution in [-0.4, -0.2) is 22.2 Å². The second-order valence-electron chi connectivity index (χ2n) is 4.19. The van der Waals surface area contributed by atoms with Crippen molar-refractivity contribution >= 4 is 35.2 Å². The molecule has 0 aromatic heterocycles. The van der Waals surface area contributed by atoms with Gasteiger partial charge in [0.25, 0.3) is 5.69 Å². The fraction of sp³-hybridized carbons (Fsp3) is 0. The highest BCUT2D eigenvalue weighted by Crippen LogP contribution is 2.21. The van der Waals surface area contributed by atoms with E-state index < -0.39 is 10.9 Å². The molecular formula is C14H10ClN3O4. The smallest absolute Gasteiger partial charge is 0.337 e. The third-order valence-corrected chi connectivity index (χ3v) is 3.06. The molecule has 0 atom stereocenters. The van der Waals surface area contributed by atoms with Gasteiger partial charge in [0.1, 0.15) is 0 Å². The summed E-state index contributed by atoms with van der Waals surface area (Å²) in [5.41, 5.74) is 3.20. The lowest BCUT2D eigenvalue weighted by atomic mass is 10.2. The van der Waals surface area contributed by atoms with Crippen molar-refractivity contribution in [2.75, 3.05) is 5.43 Å². The highest BCUT2D eigenvalue weighted by molar-refractivity contribution is 6.33. The predicted molar refractivity (Wildman–Crippen MR) is 82.7 cm³/mol. The number of hydrogen-bond donors (Lipinski definition) is 2. The van der Waals surface area contributed by atoms with Gasteiger partial charge in [0.05, 0.1) is 33.0 Å². The molecule has 0 spiro atoms. The Morgan fingerprint density at radius 2 is 2.05 bits per heavy atom. The minimum atomic E-state index is -1.16. The Labute approximate surface area is 130 Å². The molecule has 0 aliphatic rings. The predicted octanol–water partition coefficient (Wildman–Crippen LogP) is 3.39. The quantitative estimate of drug-likeness (QED) is 0.499. The van der Waals surface area contributed by atoms with Crippen molar-refractivity contribution in [1.29, 1.82) is 0 Å². The molecule has 2 N–H and O–H groups in total. The maximum atomic E-state index is 11.0. The number of aromatic carboxylic acids is 1. The molecule has 0 heterocycles. The van der Waals surface area contributed by atoms with Gasteiger partial charge in [-0.05, 0) is 24.3 Å². The van der Waals surface area contributed by atoms with E-state index in [1.54, 1.807) is 24.3 Å². The number of halogens is 1. The molecular weight excluding hydrogens is 310 g/mol. The average Bonchev–Trinajstić information content (AvgIpc) is 2.49. The number of hydrazone groups is 1. The van der Waals surface area contributed by atoms with Crippen LogP contribution in [0.5, 0.6) is 0 Å². The fourth-order valence-electron chi connectivity index (χ4n) is 1.70. The molecule has 0 aliphatic heterocycles. The summed E-state index contributed by atoms with van der Waals surface area (Å²) in [6.45, 7) is 0. The summed E-state index contributed by atoms with van der Waals surface area (Å²) in [7, 11) is 0. The molecule has 22 heavy (non-hydrogen) atoms. The average molecular weight is 320 g/mol.